The van der Waals surface area contributed by atoms with Crippen molar-refractivity contribution in [2.45, 2.75) is 26.7 Å². The summed E-state index contributed by atoms with van der Waals surface area (Å²) in [5, 5.41) is 2.65. The number of rotatable bonds is 0. The van der Waals surface area contributed by atoms with Crippen LogP contribution in [0.2, 0.25) is 0 Å². The lowest BCUT2D eigenvalue weighted by Gasteiger charge is -2.19. The Hall–Kier alpha value is -0.980. The van der Waals surface area contributed by atoms with Gasteiger partial charge in [-0.05, 0) is 29.5 Å². The SMILES string of the molecule is CC1(C)CC=c2cc[nH]c2=CC1. The van der Waals surface area contributed by atoms with Gasteiger partial charge in [0.15, 0.2) is 0 Å². The summed E-state index contributed by atoms with van der Waals surface area (Å²) in [4.78, 5) is 3.25. The van der Waals surface area contributed by atoms with Gasteiger partial charge in [-0.1, -0.05) is 26.0 Å². The van der Waals surface area contributed by atoms with Gasteiger partial charge in [-0.2, -0.15) is 0 Å². The van der Waals surface area contributed by atoms with Crippen LogP contribution in [0.1, 0.15) is 26.7 Å². The molecule has 0 radical (unpaired) electrons. The molecular formula is C11H15N. The predicted octanol–water partition coefficient (Wildman–Crippen LogP) is 1.40. The molecule has 1 aliphatic rings. The van der Waals surface area contributed by atoms with E-state index < -0.39 is 0 Å². The third-order valence-electron chi connectivity index (χ3n) is 2.55. The van der Waals surface area contributed by atoms with Crippen molar-refractivity contribution in [3.05, 3.63) is 22.8 Å². The lowest BCUT2D eigenvalue weighted by atomic mass is 9.86. The topological polar surface area (TPSA) is 15.8 Å². The molecule has 64 valence electrons. The minimum atomic E-state index is 0.430. The summed E-state index contributed by atoms with van der Waals surface area (Å²) in [7, 11) is 0. The average Bonchev–Trinajstić information content (AvgIpc) is 2.40. The molecule has 1 heterocycles. The van der Waals surface area contributed by atoms with E-state index in [1.54, 1.807) is 0 Å². The van der Waals surface area contributed by atoms with E-state index in [4.69, 9.17) is 0 Å². The van der Waals surface area contributed by atoms with E-state index >= 15 is 0 Å². The van der Waals surface area contributed by atoms with Crippen molar-refractivity contribution in [3.8, 4) is 0 Å². The van der Waals surface area contributed by atoms with Gasteiger partial charge >= 0.3 is 0 Å². The third-order valence-corrected chi connectivity index (χ3v) is 2.55. The van der Waals surface area contributed by atoms with Crippen molar-refractivity contribution < 1.29 is 0 Å². The van der Waals surface area contributed by atoms with Crippen LogP contribution in [0.5, 0.6) is 0 Å². The maximum Gasteiger partial charge on any atom is 0.0410 e. The number of aromatic nitrogens is 1. The van der Waals surface area contributed by atoms with Crippen LogP contribution in [0.25, 0.3) is 12.2 Å². The van der Waals surface area contributed by atoms with Gasteiger partial charge in [0, 0.05) is 11.5 Å². The number of nitrogens with one attached hydrogen (secondary N) is 1. The van der Waals surface area contributed by atoms with Crippen LogP contribution < -0.4 is 10.6 Å². The van der Waals surface area contributed by atoms with Gasteiger partial charge in [-0.3, -0.25) is 0 Å². The zero-order valence-corrected chi connectivity index (χ0v) is 7.72. The standard InChI is InChI=1S/C11H15N/c1-11(2)6-3-9-5-8-12-10(9)4-7-11/h3-5,8,12H,6-7H2,1-2H3. The zero-order chi connectivity index (χ0) is 8.60. The molecule has 0 fully saturated rings. The molecular weight excluding hydrogens is 146 g/mol. The summed E-state index contributed by atoms with van der Waals surface area (Å²) in [6, 6.07) is 2.15. The summed E-state index contributed by atoms with van der Waals surface area (Å²) in [6.45, 7) is 4.62. The Labute approximate surface area is 72.8 Å². The summed E-state index contributed by atoms with van der Waals surface area (Å²) in [6.07, 6.45) is 8.98. The van der Waals surface area contributed by atoms with Gasteiger partial charge in [-0.15, -0.1) is 0 Å². The zero-order valence-electron chi connectivity index (χ0n) is 7.72. The highest BCUT2D eigenvalue weighted by Crippen LogP contribution is 2.26. The van der Waals surface area contributed by atoms with Crippen molar-refractivity contribution in [1.82, 2.24) is 4.98 Å². The molecule has 0 aromatic carbocycles. The van der Waals surface area contributed by atoms with E-state index in [1.165, 1.54) is 17.0 Å². The van der Waals surface area contributed by atoms with E-state index in [-0.39, 0.29) is 0 Å². The molecule has 0 saturated heterocycles. The fourth-order valence-electron chi connectivity index (χ4n) is 1.60. The van der Waals surface area contributed by atoms with Crippen LogP contribution in [0, 0.1) is 5.41 Å². The number of hydrogen-bond acceptors (Lipinski definition) is 0. The van der Waals surface area contributed by atoms with Gasteiger partial charge in [-0.25, -0.2) is 0 Å². The third kappa shape index (κ3) is 1.31. The monoisotopic (exact) mass is 161 g/mol. The number of H-pyrrole nitrogens is 1. The maximum absolute atomic E-state index is 3.25. The van der Waals surface area contributed by atoms with Crippen LogP contribution in [-0.4, -0.2) is 4.98 Å². The van der Waals surface area contributed by atoms with E-state index in [0.29, 0.717) is 5.41 Å². The van der Waals surface area contributed by atoms with Gasteiger partial charge in [0.05, 0.1) is 0 Å². The molecule has 0 saturated carbocycles. The minimum absolute atomic E-state index is 0.430. The van der Waals surface area contributed by atoms with Gasteiger partial charge in [0.1, 0.15) is 0 Å². The molecule has 0 atom stereocenters. The fraction of sp³-hybridized carbons (Fsp3) is 0.455. The van der Waals surface area contributed by atoms with E-state index in [1.807, 2.05) is 6.20 Å². The Balaban J connectivity index is 2.54. The van der Waals surface area contributed by atoms with Crippen molar-refractivity contribution >= 4 is 12.2 Å². The molecule has 1 N–H and O–H groups in total. The molecule has 1 aliphatic carbocycles. The van der Waals surface area contributed by atoms with Crippen molar-refractivity contribution in [3.63, 3.8) is 0 Å². The largest absolute Gasteiger partial charge is 0.361 e. The quantitative estimate of drug-likeness (QED) is 0.592. The van der Waals surface area contributed by atoms with Gasteiger partial charge < -0.3 is 4.98 Å². The van der Waals surface area contributed by atoms with Crippen molar-refractivity contribution in [2.75, 3.05) is 0 Å². The molecule has 0 bridgehead atoms. The molecule has 12 heavy (non-hydrogen) atoms. The van der Waals surface area contributed by atoms with Crippen LogP contribution in [0.15, 0.2) is 12.3 Å². The van der Waals surface area contributed by atoms with Crippen LogP contribution in [0.4, 0.5) is 0 Å². The molecule has 0 aliphatic heterocycles. The number of hydrogen-bond donors (Lipinski definition) is 1. The van der Waals surface area contributed by atoms with Crippen LogP contribution >= 0.6 is 0 Å². The lowest BCUT2D eigenvalue weighted by Crippen LogP contribution is -2.20. The smallest absolute Gasteiger partial charge is 0.0410 e. The van der Waals surface area contributed by atoms with E-state index in [0.717, 1.165) is 6.42 Å². The van der Waals surface area contributed by atoms with Gasteiger partial charge in [0.2, 0.25) is 0 Å². The first-order chi connectivity index (χ1) is 5.67. The van der Waals surface area contributed by atoms with Crippen molar-refractivity contribution in [1.29, 1.82) is 0 Å². The Bertz CT molecular complexity index is 347. The molecule has 1 heteroatoms. The highest BCUT2D eigenvalue weighted by Gasteiger charge is 2.15. The number of fused-ring (bicyclic) bond motifs is 1. The normalized spacial score (nSPS) is 20.2. The molecule has 0 unspecified atom stereocenters. The fourth-order valence-corrected chi connectivity index (χ4v) is 1.60. The van der Waals surface area contributed by atoms with Crippen LogP contribution in [-0.2, 0) is 0 Å². The Kier molecular flexibility index (Phi) is 1.60. The first-order valence-electron chi connectivity index (χ1n) is 4.51. The summed E-state index contributed by atoms with van der Waals surface area (Å²) >= 11 is 0. The summed E-state index contributed by atoms with van der Waals surface area (Å²) in [5.41, 5.74) is 0.430. The highest BCUT2D eigenvalue weighted by molar-refractivity contribution is 5.34. The van der Waals surface area contributed by atoms with Gasteiger partial charge in [0.25, 0.3) is 0 Å². The highest BCUT2D eigenvalue weighted by atomic mass is 14.6. The molecule has 1 nitrogen and oxygen atoms in total. The van der Waals surface area contributed by atoms with Crippen molar-refractivity contribution in [2.24, 2.45) is 5.41 Å². The minimum Gasteiger partial charge on any atom is -0.361 e. The summed E-state index contributed by atoms with van der Waals surface area (Å²) in [5.74, 6) is 0. The Morgan fingerprint density at radius 3 is 2.83 bits per heavy atom. The molecule has 2 rings (SSSR count). The molecule has 1 aromatic heterocycles. The first kappa shape index (κ1) is 7.66. The second kappa shape index (κ2) is 2.51. The molecule has 0 spiro atoms. The molecule has 1 aromatic rings. The second-order valence-corrected chi connectivity index (χ2v) is 4.33. The van der Waals surface area contributed by atoms with E-state index in [2.05, 4.69) is 37.0 Å². The second-order valence-electron chi connectivity index (χ2n) is 4.33. The van der Waals surface area contributed by atoms with E-state index in [9.17, 15) is 0 Å². The lowest BCUT2D eigenvalue weighted by molar-refractivity contribution is 0.398. The molecule has 0 amide bonds. The van der Waals surface area contributed by atoms with Crippen LogP contribution in [0.3, 0.4) is 0 Å². The predicted molar refractivity (Wildman–Crippen MR) is 52.0 cm³/mol. The number of aromatic amines is 1. The summed E-state index contributed by atoms with van der Waals surface area (Å²) < 4.78 is 0. The maximum atomic E-state index is 3.25. The average molecular weight is 161 g/mol. The Morgan fingerprint density at radius 1 is 1.25 bits per heavy atom. The first-order valence-corrected chi connectivity index (χ1v) is 4.51. The Morgan fingerprint density at radius 2 is 2.00 bits per heavy atom.